The Morgan fingerprint density at radius 2 is 1.83 bits per heavy atom. The van der Waals surface area contributed by atoms with Crippen LogP contribution in [-0.4, -0.2) is 24.0 Å². The third kappa shape index (κ3) is 4.70. The molecule has 0 aliphatic carbocycles. The number of benzene rings is 1. The number of hydrogen-bond acceptors (Lipinski definition) is 1. The number of nitrogens with zero attached hydrogens (tertiary/aromatic N) is 1. The zero-order valence-corrected chi connectivity index (χ0v) is 15.6. The first-order valence-corrected chi connectivity index (χ1v) is 9.52. The number of piperidine rings is 1. The van der Waals surface area contributed by atoms with E-state index >= 15 is 0 Å². The van der Waals surface area contributed by atoms with Crippen molar-refractivity contribution in [1.82, 2.24) is 4.90 Å². The van der Waals surface area contributed by atoms with Crippen molar-refractivity contribution in [2.75, 3.05) is 13.1 Å². The Balaban J connectivity index is 1.90. The standard InChI is InChI=1S/C22H35N/c1-5-6-7-8-9-13-16-23-18-19(2)22(4,17-20(23)3)21-14-11-10-12-15-21/h8-12,14-15,19-20H,5-7,13,16-18H2,1-4H3. The van der Waals surface area contributed by atoms with E-state index in [2.05, 4.69) is 75.1 Å². The molecule has 3 atom stereocenters. The average Bonchev–Trinajstić information content (AvgIpc) is 2.56. The molecule has 0 radical (unpaired) electrons. The van der Waals surface area contributed by atoms with Crippen LogP contribution in [0.25, 0.3) is 0 Å². The summed E-state index contributed by atoms with van der Waals surface area (Å²) in [6.45, 7) is 12.0. The molecule has 1 aliphatic rings. The lowest BCUT2D eigenvalue weighted by atomic mass is 9.66. The van der Waals surface area contributed by atoms with Gasteiger partial charge in [0.2, 0.25) is 0 Å². The van der Waals surface area contributed by atoms with E-state index in [1.807, 2.05) is 0 Å². The van der Waals surface area contributed by atoms with Crippen LogP contribution in [0.5, 0.6) is 0 Å². The van der Waals surface area contributed by atoms with Gasteiger partial charge >= 0.3 is 0 Å². The number of unbranched alkanes of at least 4 members (excludes halogenated alkanes) is 2. The molecule has 0 aromatic heterocycles. The Kier molecular flexibility index (Phi) is 6.89. The lowest BCUT2D eigenvalue weighted by molar-refractivity contribution is 0.0649. The van der Waals surface area contributed by atoms with Crippen LogP contribution < -0.4 is 0 Å². The molecular weight excluding hydrogens is 278 g/mol. The molecule has 0 amide bonds. The summed E-state index contributed by atoms with van der Waals surface area (Å²) in [5.74, 6) is 0.699. The molecule has 0 bridgehead atoms. The Bertz CT molecular complexity index is 478. The summed E-state index contributed by atoms with van der Waals surface area (Å²) < 4.78 is 0. The first-order chi connectivity index (χ1) is 11.1. The smallest absolute Gasteiger partial charge is 0.00756 e. The van der Waals surface area contributed by atoms with E-state index in [-0.39, 0.29) is 0 Å². The molecule has 3 unspecified atom stereocenters. The SMILES string of the molecule is CCCCC=CCCN1CC(C)C(C)(c2ccccc2)CC1C. The van der Waals surface area contributed by atoms with Crippen molar-refractivity contribution in [3.05, 3.63) is 48.0 Å². The Labute approximate surface area is 143 Å². The fraction of sp³-hybridized carbons (Fsp3) is 0.636. The van der Waals surface area contributed by atoms with Gasteiger partial charge in [0.05, 0.1) is 0 Å². The fourth-order valence-corrected chi connectivity index (χ4v) is 4.01. The maximum Gasteiger partial charge on any atom is 0.00756 e. The van der Waals surface area contributed by atoms with Crippen molar-refractivity contribution in [2.24, 2.45) is 5.92 Å². The number of hydrogen-bond donors (Lipinski definition) is 0. The molecule has 1 aromatic carbocycles. The van der Waals surface area contributed by atoms with Crippen molar-refractivity contribution in [3.63, 3.8) is 0 Å². The molecule has 1 aliphatic heterocycles. The van der Waals surface area contributed by atoms with Crippen LogP contribution in [0.15, 0.2) is 42.5 Å². The summed E-state index contributed by atoms with van der Waals surface area (Å²) in [6, 6.07) is 11.8. The van der Waals surface area contributed by atoms with Crippen molar-refractivity contribution in [2.45, 2.75) is 71.3 Å². The number of allylic oxidation sites excluding steroid dienone is 1. The Morgan fingerprint density at radius 3 is 2.52 bits per heavy atom. The van der Waals surface area contributed by atoms with E-state index in [1.165, 1.54) is 50.8 Å². The molecule has 1 saturated heterocycles. The van der Waals surface area contributed by atoms with Gasteiger partial charge < -0.3 is 4.90 Å². The molecule has 0 spiro atoms. The van der Waals surface area contributed by atoms with Crippen LogP contribution in [0.4, 0.5) is 0 Å². The molecule has 23 heavy (non-hydrogen) atoms. The van der Waals surface area contributed by atoms with Gasteiger partial charge in [-0.25, -0.2) is 0 Å². The van der Waals surface area contributed by atoms with Gasteiger partial charge in [0.15, 0.2) is 0 Å². The maximum atomic E-state index is 2.69. The molecule has 1 nitrogen and oxygen atoms in total. The summed E-state index contributed by atoms with van der Waals surface area (Å²) in [7, 11) is 0. The first-order valence-electron chi connectivity index (χ1n) is 9.52. The van der Waals surface area contributed by atoms with Gasteiger partial charge in [-0.05, 0) is 43.1 Å². The Hall–Kier alpha value is -1.08. The van der Waals surface area contributed by atoms with Crippen molar-refractivity contribution in [3.8, 4) is 0 Å². The predicted octanol–water partition coefficient (Wildman–Crippen LogP) is 5.81. The number of rotatable bonds is 7. The van der Waals surface area contributed by atoms with Crippen molar-refractivity contribution in [1.29, 1.82) is 0 Å². The third-order valence-corrected chi connectivity index (χ3v) is 5.85. The van der Waals surface area contributed by atoms with Gasteiger partial charge in [0.1, 0.15) is 0 Å². The largest absolute Gasteiger partial charge is 0.300 e. The van der Waals surface area contributed by atoms with E-state index in [9.17, 15) is 0 Å². The number of likely N-dealkylation sites (tertiary alicyclic amines) is 1. The maximum absolute atomic E-state index is 2.69. The van der Waals surface area contributed by atoms with E-state index < -0.39 is 0 Å². The second-order valence-electron chi connectivity index (χ2n) is 7.63. The fourth-order valence-electron chi connectivity index (χ4n) is 4.01. The van der Waals surface area contributed by atoms with E-state index in [0.29, 0.717) is 17.4 Å². The van der Waals surface area contributed by atoms with E-state index in [1.54, 1.807) is 0 Å². The summed E-state index contributed by atoms with van der Waals surface area (Å²) in [4.78, 5) is 2.69. The molecule has 128 valence electrons. The van der Waals surface area contributed by atoms with Gasteiger partial charge in [-0.2, -0.15) is 0 Å². The highest BCUT2D eigenvalue weighted by Crippen LogP contribution is 2.41. The molecule has 0 N–H and O–H groups in total. The minimum Gasteiger partial charge on any atom is -0.300 e. The van der Waals surface area contributed by atoms with Gasteiger partial charge in [0, 0.05) is 19.1 Å². The molecule has 0 saturated carbocycles. The minimum atomic E-state index is 0.314. The lowest BCUT2D eigenvalue weighted by Crippen LogP contribution is -2.51. The molecule has 2 rings (SSSR count). The summed E-state index contributed by atoms with van der Waals surface area (Å²) in [5.41, 5.74) is 1.83. The van der Waals surface area contributed by atoms with Gasteiger partial charge in [-0.15, -0.1) is 0 Å². The molecule has 1 heteroatoms. The van der Waals surface area contributed by atoms with Crippen molar-refractivity contribution >= 4 is 0 Å². The quantitative estimate of drug-likeness (QED) is 0.453. The van der Waals surface area contributed by atoms with Crippen molar-refractivity contribution < 1.29 is 0 Å². The second-order valence-corrected chi connectivity index (χ2v) is 7.63. The van der Waals surface area contributed by atoms with E-state index in [0.717, 1.165) is 0 Å². The van der Waals surface area contributed by atoms with Gasteiger partial charge in [-0.1, -0.05) is 76.1 Å². The Morgan fingerprint density at radius 1 is 1.13 bits per heavy atom. The molecule has 1 fully saturated rings. The highest BCUT2D eigenvalue weighted by atomic mass is 15.2. The summed E-state index contributed by atoms with van der Waals surface area (Å²) in [6.07, 6.45) is 11.1. The zero-order valence-electron chi connectivity index (χ0n) is 15.6. The van der Waals surface area contributed by atoms with Gasteiger partial charge in [0.25, 0.3) is 0 Å². The third-order valence-electron chi connectivity index (χ3n) is 5.85. The average molecular weight is 314 g/mol. The highest BCUT2D eigenvalue weighted by molar-refractivity contribution is 5.26. The topological polar surface area (TPSA) is 3.24 Å². The monoisotopic (exact) mass is 313 g/mol. The van der Waals surface area contributed by atoms with Gasteiger partial charge in [-0.3, -0.25) is 0 Å². The lowest BCUT2D eigenvalue weighted by Gasteiger charge is -2.48. The normalized spacial score (nSPS) is 29.2. The minimum absolute atomic E-state index is 0.314. The van der Waals surface area contributed by atoms with Crippen LogP contribution in [-0.2, 0) is 5.41 Å². The van der Waals surface area contributed by atoms with Crippen LogP contribution in [0.1, 0.15) is 65.4 Å². The van der Waals surface area contributed by atoms with E-state index in [4.69, 9.17) is 0 Å². The summed E-state index contributed by atoms with van der Waals surface area (Å²) in [5, 5.41) is 0. The van der Waals surface area contributed by atoms with Crippen LogP contribution >= 0.6 is 0 Å². The second kappa shape index (κ2) is 8.68. The van der Waals surface area contributed by atoms with Crippen LogP contribution in [0, 0.1) is 5.92 Å². The zero-order chi connectivity index (χ0) is 16.7. The first kappa shape index (κ1) is 18.3. The highest BCUT2D eigenvalue weighted by Gasteiger charge is 2.40. The van der Waals surface area contributed by atoms with Crippen LogP contribution in [0.3, 0.4) is 0 Å². The molecule has 1 aromatic rings. The molecular formula is C22H35N. The molecule has 1 heterocycles. The van der Waals surface area contributed by atoms with Crippen LogP contribution in [0.2, 0.25) is 0 Å². The predicted molar refractivity (Wildman–Crippen MR) is 102 cm³/mol. The summed E-state index contributed by atoms with van der Waals surface area (Å²) >= 11 is 0.